The molecule has 0 aromatic carbocycles. The Morgan fingerprint density at radius 2 is 2.12 bits per heavy atom. The van der Waals surface area contributed by atoms with Gasteiger partial charge in [0.05, 0.1) is 5.92 Å². The zero-order valence-corrected chi connectivity index (χ0v) is 10.5. The van der Waals surface area contributed by atoms with Crippen molar-refractivity contribution >= 4 is 5.91 Å². The third-order valence-corrected chi connectivity index (χ3v) is 3.82. The van der Waals surface area contributed by atoms with Gasteiger partial charge in [-0.25, -0.2) is 0 Å². The number of hydrogen-bond acceptors (Lipinski definition) is 2. The second-order valence-corrected chi connectivity index (χ2v) is 5.47. The minimum Gasteiger partial charge on any atom is -0.342 e. The van der Waals surface area contributed by atoms with E-state index in [1.54, 1.807) is 0 Å². The monoisotopic (exact) mass is 224 g/mol. The maximum absolute atomic E-state index is 12.4. The van der Waals surface area contributed by atoms with Crippen LogP contribution in [0.2, 0.25) is 0 Å². The molecule has 2 atom stereocenters. The van der Waals surface area contributed by atoms with E-state index in [-0.39, 0.29) is 5.92 Å². The Bertz CT molecular complexity index is 250. The Hall–Kier alpha value is -0.570. The summed E-state index contributed by atoms with van der Waals surface area (Å²) >= 11 is 0. The quantitative estimate of drug-likeness (QED) is 0.767. The summed E-state index contributed by atoms with van der Waals surface area (Å²) in [6.07, 6.45) is 3.73. The number of amides is 1. The molecule has 2 unspecified atom stereocenters. The second-order valence-electron chi connectivity index (χ2n) is 5.47. The minimum atomic E-state index is 0.227. The molecule has 1 heterocycles. The predicted octanol–water partition coefficient (Wildman–Crippen LogP) is 1.49. The Morgan fingerprint density at radius 3 is 2.62 bits per heavy atom. The van der Waals surface area contributed by atoms with Crippen molar-refractivity contribution in [2.75, 3.05) is 26.2 Å². The molecule has 1 saturated carbocycles. The summed E-state index contributed by atoms with van der Waals surface area (Å²) in [6.45, 7) is 8.17. The number of nitrogens with zero attached hydrogens (tertiary/aromatic N) is 1. The van der Waals surface area contributed by atoms with E-state index in [9.17, 15) is 4.79 Å². The summed E-state index contributed by atoms with van der Waals surface area (Å²) in [5.41, 5.74) is 0. The Balaban J connectivity index is 1.91. The molecular weight excluding hydrogens is 200 g/mol. The molecule has 0 aromatic rings. The van der Waals surface area contributed by atoms with Crippen molar-refractivity contribution in [1.29, 1.82) is 0 Å². The summed E-state index contributed by atoms with van der Waals surface area (Å²) in [7, 11) is 0. The molecule has 2 aliphatic rings. The van der Waals surface area contributed by atoms with Crippen LogP contribution in [-0.2, 0) is 4.79 Å². The summed E-state index contributed by atoms with van der Waals surface area (Å²) in [5.74, 6) is 1.93. The van der Waals surface area contributed by atoms with Crippen LogP contribution >= 0.6 is 0 Å². The van der Waals surface area contributed by atoms with Crippen molar-refractivity contribution < 1.29 is 4.79 Å². The van der Waals surface area contributed by atoms with Crippen molar-refractivity contribution in [1.82, 2.24) is 10.2 Å². The van der Waals surface area contributed by atoms with Gasteiger partial charge >= 0.3 is 0 Å². The molecule has 1 aliphatic carbocycles. The van der Waals surface area contributed by atoms with Gasteiger partial charge in [0.1, 0.15) is 0 Å². The summed E-state index contributed by atoms with van der Waals surface area (Å²) in [5, 5.41) is 3.32. The molecule has 1 aliphatic heterocycles. The van der Waals surface area contributed by atoms with Crippen molar-refractivity contribution in [3.05, 3.63) is 0 Å². The summed E-state index contributed by atoms with van der Waals surface area (Å²) < 4.78 is 0. The number of nitrogens with one attached hydrogen (secondary N) is 1. The molecule has 1 amide bonds. The molecule has 2 fully saturated rings. The molecule has 92 valence electrons. The van der Waals surface area contributed by atoms with E-state index in [4.69, 9.17) is 0 Å². The lowest BCUT2D eigenvalue weighted by molar-refractivity contribution is -0.136. The van der Waals surface area contributed by atoms with E-state index >= 15 is 0 Å². The van der Waals surface area contributed by atoms with Crippen LogP contribution in [0.3, 0.4) is 0 Å². The van der Waals surface area contributed by atoms with Crippen LogP contribution in [-0.4, -0.2) is 37.0 Å². The standard InChI is InChI=1S/C13H24N2O/c1-3-6-15(9-11-4-5-11)13(16)12-8-14-7-10(12)2/h10-12,14H,3-9H2,1-2H3. The first-order valence-corrected chi connectivity index (χ1v) is 6.72. The van der Waals surface area contributed by atoms with Gasteiger partial charge in [-0.05, 0) is 37.6 Å². The van der Waals surface area contributed by atoms with E-state index in [1.165, 1.54) is 12.8 Å². The molecule has 16 heavy (non-hydrogen) atoms. The van der Waals surface area contributed by atoms with Gasteiger partial charge in [0.15, 0.2) is 0 Å². The van der Waals surface area contributed by atoms with E-state index in [0.29, 0.717) is 11.8 Å². The zero-order valence-electron chi connectivity index (χ0n) is 10.5. The van der Waals surface area contributed by atoms with Gasteiger partial charge in [0, 0.05) is 19.6 Å². The van der Waals surface area contributed by atoms with E-state index in [1.807, 2.05) is 0 Å². The molecular formula is C13H24N2O. The average molecular weight is 224 g/mol. The topological polar surface area (TPSA) is 32.3 Å². The van der Waals surface area contributed by atoms with Gasteiger partial charge in [-0.2, -0.15) is 0 Å². The first-order valence-electron chi connectivity index (χ1n) is 6.72. The molecule has 1 N–H and O–H groups in total. The smallest absolute Gasteiger partial charge is 0.227 e. The average Bonchev–Trinajstić information content (AvgIpc) is 2.98. The summed E-state index contributed by atoms with van der Waals surface area (Å²) in [6, 6.07) is 0. The SMILES string of the molecule is CCCN(CC1CC1)C(=O)C1CNCC1C. The van der Waals surface area contributed by atoms with E-state index in [2.05, 4.69) is 24.1 Å². The van der Waals surface area contributed by atoms with Crippen molar-refractivity contribution in [3.63, 3.8) is 0 Å². The highest BCUT2D eigenvalue weighted by Crippen LogP contribution is 2.30. The van der Waals surface area contributed by atoms with Crippen LogP contribution in [0.4, 0.5) is 0 Å². The third kappa shape index (κ3) is 2.76. The number of carbonyl (C=O) groups is 1. The lowest BCUT2D eigenvalue weighted by atomic mass is 9.96. The maximum Gasteiger partial charge on any atom is 0.227 e. The highest BCUT2D eigenvalue weighted by molar-refractivity contribution is 5.79. The fourth-order valence-corrected chi connectivity index (χ4v) is 2.55. The normalized spacial score (nSPS) is 29.4. The van der Waals surface area contributed by atoms with Gasteiger partial charge in [0.25, 0.3) is 0 Å². The lowest BCUT2D eigenvalue weighted by Gasteiger charge is -2.26. The second kappa shape index (κ2) is 5.17. The van der Waals surface area contributed by atoms with Crippen LogP contribution in [0.15, 0.2) is 0 Å². The van der Waals surface area contributed by atoms with Gasteiger partial charge in [-0.1, -0.05) is 13.8 Å². The Kier molecular flexibility index (Phi) is 3.85. The Labute approximate surface area is 98.6 Å². The molecule has 0 spiro atoms. The van der Waals surface area contributed by atoms with Crippen LogP contribution in [0, 0.1) is 17.8 Å². The van der Waals surface area contributed by atoms with Gasteiger partial charge in [0.2, 0.25) is 5.91 Å². The predicted molar refractivity (Wildman–Crippen MR) is 65.1 cm³/mol. The van der Waals surface area contributed by atoms with Gasteiger partial charge in [-0.3, -0.25) is 4.79 Å². The first-order chi connectivity index (χ1) is 7.72. The number of carbonyl (C=O) groups excluding carboxylic acids is 1. The summed E-state index contributed by atoms with van der Waals surface area (Å²) in [4.78, 5) is 14.5. The van der Waals surface area contributed by atoms with Crippen molar-refractivity contribution in [2.45, 2.75) is 33.1 Å². The van der Waals surface area contributed by atoms with Crippen LogP contribution in [0.1, 0.15) is 33.1 Å². The fourth-order valence-electron chi connectivity index (χ4n) is 2.55. The minimum absolute atomic E-state index is 0.227. The highest BCUT2D eigenvalue weighted by atomic mass is 16.2. The van der Waals surface area contributed by atoms with E-state index in [0.717, 1.165) is 38.5 Å². The van der Waals surface area contributed by atoms with Crippen molar-refractivity contribution in [3.8, 4) is 0 Å². The van der Waals surface area contributed by atoms with Crippen molar-refractivity contribution in [2.24, 2.45) is 17.8 Å². The molecule has 3 nitrogen and oxygen atoms in total. The van der Waals surface area contributed by atoms with Gasteiger partial charge < -0.3 is 10.2 Å². The Morgan fingerprint density at radius 1 is 1.38 bits per heavy atom. The lowest BCUT2D eigenvalue weighted by Crippen LogP contribution is -2.40. The maximum atomic E-state index is 12.4. The molecule has 3 heteroatoms. The largest absolute Gasteiger partial charge is 0.342 e. The zero-order chi connectivity index (χ0) is 11.5. The van der Waals surface area contributed by atoms with Crippen LogP contribution < -0.4 is 5.32 Å². The fraction of sp³-hybridized carbons (Fsp3) is 0.923. The highest BCUT2D eigenvalue weighted by Gasteiger charge is 2.34. The van der Waals surface area contributed by atoms with Crippen LogP contribution in [0.25, 0.3) is 0 Å². The molecule has 1 saturated heterocycles. The van der Waals surface area contributed by atoms with Crippen LogP contribution in [0.5, 0.6) is 0 Å². The number of hydrogen-bond donors (Lipinski definition) is 1. The molecule has 2 rings (SSSR count). The molecule has 0 aromatic heterocycles. The first kappa shape index (κ1) is 11.9. The number of rotatable bonds is 5. The van der Waals surface area contributed by atoms with Gasteiger partial charge in [-0.15, -0.1) is 0 Å². The third-order valence-electron chi connectivity index (χ3n) is 3.82. The molecule has 0 bridgehead atoms. The van der Waals surface area contributed by atoms with E-state index < -0.39 is 0 Å². The molecule has 0 radical (unpaired) electrons.